The first kappa shape index (κ1) is 20.7. The van der Waals surface area contributed by atoms with Gasteiger partial charge in [0.15, 0.2) is 17.0 Å². The molecule has 8 heteroatoms. The Morgan fingerprint density at radius 3 is 2.77 bits per heavy atom. The van der Waals surface area contributed by atoms with E-state index in [1.54, 1.807) is 6.33 Å². The third kappa shape index (κ3) is 4.14. The Kier molecular flexibility index (Phi) is 6.07. The van der Waals surface area contributed by atoms with Gasteiger partial charge in [0.25, 0.3) is 0 Å². The predicted molar refractivity (Wildman–Crippen MR) is 121 cm³/mol. The zero-order valence-corrected chi connectivity index (χ0v) is 18.7. The number of hydrogen-bond acceptors (Lipinski definition) is 6. The lowest BCUT2D eigenvalue weighted by Crippen LogP contribution is -2.45. The number of piperidine rings is 1. The van der Waals surface area contributed by atoms with Crippen LogP contribution in [0.3, 0.4) is 0 Å². The second kappa shape index (κ2) is 9.10. The van der Waals surface area contributed by atoms with Crippen molar-refractivity contribution >= 4 is 22.9 Å². The second-order valence-electron chi connectivity index (χ2n) is 9.29. The molecule has 0 aliphatic carbocycles. The van der Waals surface area contributed by atoms with Crippen LogP contribution in [0.15, 0.2) is 6.33 Å². The summed E-state index contributed by atoms with van der Waals surface area (Å²) in [5, 5.41) is 3.24. The molecule has 5 rings (SSSR count). The Labute approximate surface area is 184 Å². The lowest BCUT2D eigenvalue weighted by molar-refractivity contribution is -0.125. The van der Waals surface area contributed by atoms with E-state index in [0.29, 0.717) is 6.04 Å². The summed E-state index contributed by atoms with van der Waals surface area (Å²) >= 11 is 0. The van der Waals surface area contributed by atoms with Gasteiger partial charge in [0.05, 0.1) is 0 Å². The summed E-state index contributed by atoms with van der Waals surface area (Å²) in [6.45, 7) is 7.93. The molecule has 0 bridgehead atoms. The number of hydrogen-bond donors (Lipinski definition) is 1. The van der Waals surface area contributed by atoms with E-state index >= 15 is 0 Å². The third-order valence-corrected chi connectivity index (χ3v) is 7.46. The van der Waals surface area contributed by atoms with Crippen LogP contribution in [-0.4, -0.2) is 69.1 Å². The van der Waals surface area contributed by atoms with Crippen molar-refractivity contribution in [1.82, 2.24) is 29.7 Å². The third-order valence-electron chi connectivity index (χ3n) is 7.46. The van der Waals surface area contributed by atoms with Crippen molar-refractivity contribution < 1.29 is 4.79 Å². The van der Waals surface area contributed by atoms with Crippen LogP contribution in [-0.2, 0) is 17.8 Å². The molecule has 2 saturated heterocycles. The van der Waals surface area contributed by atoms with Gasteiger partial charge in [-0.3, -0.25) is 9.69 Å². The van der Waals surface area contributed by atoms with E-state index in [0.717, 1.165) is 74.8 Å². The molecule has 5 heterocycles. The topological polar surface area (TPSA) is 79.2 Å². The van der Waals surface area contributed by atoms with Crippen LogP contribution in [0.25, 0.3) is 11.2 Å². The molecule has 31 heavy (non-hydrogen) atoms. The van der Waals surface area contributed by atoms with Gasteiger partial charge in [0.1, 0.15) is 12.2 Å². The fourth-order valence-corrected chi connectivity index (χ4v) is 5.62. The highest BCUT2D eigenvalue weighted by atomic mass is 16.1. The van der Waals surface area contributed by atoms with Crippen molar-refractivity contribution in [2.75, 3.05) is 37.6 Å². The molecule has 1 amide bonds. The predicted octanol–water partition coefficient (Wildman–Crippen LogP) is 2.37. The molecule has 168 valence electrons. The van der Waals surface area contributed by atoms with Crippen molar-refractivity contribution in [3.8, 4) is 0 Å². The largest absolute Gasteiger partial charge is 0.355 e. The molecule has 1 atom stereocenters. The van der Waals surface area contributed by atoms with Gasteiger partial charge in [-0.15, -0.1) is 0 Å². The molecule has 0 unspecified atom stereocenters. The van der Waals surface area contributed by atoms with Gasteiger partial charge in [-0.25, -0.2) is 15.0 Å². The van der Waals surface area contributed by atoms with E-state index in [-0.39, 0.29) is 11.8 Å². The van der Waals surface area contributed by atoms with E-state index in [1.807, 2.05) is 0 Å². The molecule has 1 N–H and O–H groups in total. The van der Waals surface area contributed by atoms with Gasteiger partial charge in [0.2, 0.25) is 5.91 Å². The smallest absolute Gasteiger partial charge is 0.223 e. The maximum atomic E-state index is 12.8. The highest BCUT2D eigenvalue weighted by Gasteiger charge is 2.29. The Hall–Kier alpha value is -2.22. The number of likely N-dealkylation sites (N-methyl/N-ethyl adjacent to an activating group) is 1. The Bertz CT molecular complexity index is 918. The van der Waals surface area contributed by atoms with Crippen LogP contribution in [0.2, 0.25) is 0 Å². The van der Waals surface area contributed by atoms with Gasteiger partial charge in [-0.1, -0.05) is 13.3 Å². The summed E-state index contributed by atoms with van der Waals surface area (Å²) in [5.74, 6) is 2.42. The van der Waals surface area contributed by atoms with Gasteiger partial charge in [-0.2, -0.15) is 0 Å². The summed E-state index contributed by atoms with van der Waals surface area (Å²) in [5.41, 5.74) is 1.90. The minimum atomic E-state index is 0.101. The number of imidazole rings is 1. The van der Waals surface area contributed by atoms with Crippen LogP contribution in [0.5, 0.6) is 0 Å². The highest BCUT2D eigenvalue weighted by Crippen LogP contribution is 2.29. The summed E-state index contributed by atoms with van der Waals surface area (Å²) < 4.78 is 2.29. The van der Waals surface area contributed by atoms with Crippen LogP contribution < -0.4 is 10.2 Å². The van der Waals surface area contributed by atoms with E-state index in [1.165, 1.54) is 38.6 Å². The number of aryl methyl sites for hydroxylation is 2. The average Bonchev–Trinajstić information content (AvgIpc) is 3.34. The first-order valence-electron chi connectivity index (χ1n) is 12.2. The number of fused-ring (bicyclic) bond motifs is 3. The number of amides is 1. The molecule has 0 radical (unpaired) electrons. The van der Waals surface area contributed by atoms with Crippen molar-refractivity contribution in [3.63, 3.8) is 0 Å². The van der Waals surface area contributed by atoms with E-state index in [9.17, 15) is 4.79 Å². The van der Waals surface area contributed by atoms with Crippen molar-refractivity contribution in [2.45, 2.75) is 70.9 Å². The van der Waals surface area contributed by atoms with Crippen LogP contribution in [0.1, 0.15) is 57.7 Å². The summed E-state index contributed by atoms with van der Waals surface area (Å²) in [7, 11) is 0. The monoisotopic (exact) mass is 425 g/mol. The number of rotatable bonds is 5. The maximum absolute atomic E-state index is 12.8. The Morgan fingerprint density at radius 1 is 1.06 bits per heavy atom. The molecular formula is C23H35N7O. The number of nitrogens with one attached hydrogen (secondary N) is 1. The van der Waals surface area contributed by atoms with E-state index in [2.05, 4.69) is 36.6 Å². The van der Waals surface area contributed by atoms with Crippen LogP contribution in [0.4, 0.5) is 5.82 Å². The fourth-order valence-electron chi connectivity index (χ4n) is 5.62. The number of carbonyl (C=O) groups excluding carboxylic acids is 1. The minimum absolute atomic E-state index is 0.101. The maximum Gasteiger partial charge on any atom is 0.223 e. The molecule has 2 fully saturated rings. The van der Waals surface area contributed by atoms with Gasteiger partial charge in [0, 0.05) is 44.6 Å². The first-order chi connectivity index (χ1) is 15.2. The number of likely N-dealkylation sites (tertiary alicyclic amines) is 1. The Balaban J connectivity index is 1.21. The minimum Gasteiger partial charge on any atom is -0.355 e. The van der Waals surface area contributed by atoms with Gasteiger partial charge in [-0.05, 0) is 51.6 Å². The molecule has 0 aromatic carbocycles. The van der Waals surface area contributed by atoms with E-state index in [4.69, 9.17) is 4.98 Å². The average molecular weight is 426 g/mol. The van der Waals surface area contributed by atoms with Gasteiger partial charge < -0.3 is 14.8 Å². The molecule has 0 saturated carbocycles. The zero-order chi connectivity index (χ0) is 21.2. The van der Waals surface area contributed by atoms with Crippen molar-refractivity contribution in [2.24, 2.45) is 5.92 Å². The summed E-state index contributed by atoms with van der Waals surface area (Å²) in [6, 6.07) is 0.513. The van der Waals surface area contributed by atoms with Crippen molar-refractivity contribution in [1.29, 1.82) is 0 Å². The number of aromatic nitrogens is 4. The molecule has 0 spiro atoms. The van der Waals surface area contributed by atoms with Crippen LogP contribution >= 0.6 is 0 Å². The standard InChI is InChI=1S/C23H35N7O/c1-2-28-11-6-7-18(28)15-24-23(31)17-9-13-29(14-10-17)21-20-22(26-16-25-21)30-12-5-3-4-8-19(30)27-20/h16-18H,2-15H2,1H3,(H,24,31)/t18-/m1/s1. The number of anilines is 1. The SMILES string of the molecule is CCN1CCC[C@@H]1CNC(=O)C1CCN(c2ncnc3c2nc2n3CCCCC2)CC1. The van der Waals surface area contributed by atoms with Crippen molar-refractivity contribution in [3.05, 3.63) is 12.2 Å². The van der Waals surface area contributed by atoms with E-state index < -0.39 is 0 Å². The molecular weight excluding hydrogens is 390 g/mol. The lowest BCUT2D eigenvalue weighted by Gasteiger charge is -2.32. The normalized spacial score (nSPS) is 23.1. The number of carbonyl (C=O) groups is 1. The Morgan fingerprint density at radius 2 is 1.94 bits per heavy atom. The molecule has 2 aromatic rings. The summed E-state index contributed by atoms with van der Waals surface area (Å²) in [6.07, 6.45) is 10.5. The molecule has 3 aliphatic heterocycles. The first-order valence-corrected chi connectivity index (χ1v) is 12.2. The molecule has 2 aromatic heterocycles. The summed E-state index contributed by atoms with van der Waals surface area (Å²) in [4.78, 5) is 31.7. The highest BCUT2D eigenvalue weighted by molar-refractivity contribution is 5.84. The van der Waals surface area contributed by atoms with Gasteiger partial charge >= 0.3 is 0 Å². The second-order valence-corrected chi connectivity index (χ2v) is 9.29. The molecule has 3 aliphatic rings. The zero-order valence-electron chi connectivity index (χ0n) is 18.7. The molecule has 8 nitrogen and oxygen atoms in total. The lowest BCUT2D eigenvalue weighted by atomic mass is 9.95. The quantitative estimate of drug-likeness (QED) is 0.792. The van der Waals surface area contributed by atoms with Crippen LogP contribution in [0, 0.1) is 5.92 Å². The number of nitrogens with zero attached hydrogens (tertiary/aromatic N) is 6. The fraction of sp³-hybridized carbons (Fsp3) is 0.739.